The molecule has 0 heterocycles. The van der Waals surface area contributed by atoms with Crippen LogP contribution in [-0.2, 0) is 0 Å². The molecule has 1 atom stereocenters. The van der Waals surface area contributed by atoms with Crippen molar-refractivity contribution in [3.8, 4) is 0 Å². The summed E-state index contributed by atoms with van der Waals surface area (Å²) in [6, 6.07) is 0. The quantitative estimate of drug-likeness (QED) is 0.218. The summed E-state index contributed by atoms with van der Waals surface area (Å²) in [6.07, 6.45) is 25.2. The molecule has 0 saturated carbocycles. The summed E-state index contributed by atoms with van der Waals surface area (Å²) in [5.41, 5.74) is 0. The molecule has 134 valence electrons. The molecular formula is C20H42OPo. The predicted octanol–water partition coefficient (Wildman–Crippen LogP) is 6.25. The zero-order valence-electron chi connectivity index (χ0n) is 15.2. The topological polar surface area (TPSA) is 20.2 Å². The van der Waals surface area contributed by atoms with Crippen molar-refractivity contribution in [3.63, 3.8) is 0 Å². The van der Waals surface area contributed by atoms with Crippen LogP contribution in [0, 0.1) is 0 Å². The Balaban J connectivity index is 2.94. The van der Waals surface area contributed by atoms with E-state index in [1.54, 1.807) is 0 Å². The van der Waals surface area contributed by atoms with E-state index < -0.39 is 0 Å². The first-order valence-electron chi connectivity index (χ1n) is 10.1. The van der Waals surface area contributed by atoms with Gasteiger partial charge in [-0.05, 0) is 0 Å². The van der Waals surface area contributed by atoms with E-state index in [2.05, 4.69) is 6.92 Å². The molecule has 0 spiro atoms. The summed E-state index contributed by atoms with van der Waals surface area (Å²) in [5.74, 6) is 0. The Labute approximate surface area is 156 Å². The minimum absolute atomic E-state index is 0.0105. The van der Waals surface area contributed by atoms with E-state index in [4.69, 9.17) is 0 Å². The van der Waals surface area contributed by atoms with Gasteiger partial charge >= 0.3 is 105 Å². The van der Waals surface area contributed by atoms with Crippen molar-refractivity contribution in [2.75, 3.05) is 0 Å². The van der Waals surface area contributed by atoms with Crippen LogP contribution in [0.4, 0.5) is 0 Å². The molecular weight excluding hydrogens is 465 g/mol. The van der Waals surface area contributed by atoms with Crippen LogP contribution in [0.3, 0.4) is 0 Å². The van der Waals surface area contributed by atoms with Gasteiger partial charge in [-0.3, -0.25) is 0 Å². The molecule has 0 aliphatic carbocycles. The van der Waals surface area contributed by atoms with Crippen molar-refractivity contribution in [3.05, 3.63) is 0 Å². The molecule has 0 saturated heterocycles. The summed E-state index contributed by atoms with van der Waals surface area (Å²) >= 11 is 1.14. The SMILES string of the molecule is CCCCCCCCCCCCCCCCCCC[CH](O)[PoH]. The predicted molar refractivity (Wildman–Crippen MR) is 102 cm³/mol. The number of unbranched alkanes of at least 4 members (excludes halogenated alkanes) is 16. The Morgan fingerprint density at radius 2 is 0.818 bits per heavy atom. The fraction of sp³-hybridized carbons (Fsp3) is 1.00. The maximum atomic E-state index is 9.23. The molecule has 0 bridgehead atoms. The van der Waals surface area contributed by atoms with Crippen LogP contribution in [0.25, 0.3) is 0 Å². The Kier molecular flexibility index (Phi) is 20.7. The van der Waals surface area contributed by atoms with E-state index in [9.17, 15) is 5.11 Å². The second-order valence-corrected chi connectivity index (χ2v) is 9.24. The monoisotopic (exact) mass is 507 g/mol. The Hall–Kier alpha value is 0.856. The van der Waals surface area contributed by atoms with Crippen LogP contribution in [-0.4, -0.2) is 33.9 Å². The third kappa shape index (κ3) is 20.9. The zero-order chi connectivity index (χ0) is 16.3. The van der Waals surface area contributed by atoms with Crippen LogP contribution in [0.15, 0.2) is 0 Å². The van der Waals surface area contributed by atoms with Gasteiger partial charge in [-0.15, -0.1) is 0 Å². The molecule has 0 radical (unpaired) electrons. The summed E-state index contributed by atoms with van der Waals surface area (Å²) in [5, 5.41) is 9.23. The average molecular weight is 508 g/mol. The normalized spacial score (nSPS) is 12.7. The van der Waals surface area contributed by atoms with E-state index in [1.807, 2.05) is 0 Å². The van der Waals surface area contributed by atoms with E-state index >= 15 is 0 Å². The van der Waals surface area contributed by atoms with Gasteiger partial charge in [-0.25, -0.2) is 0 Å². The van der Waals surface area contributed by atoms with E-state index in [-0.39, 0.29) is 3.76 Å². The van der Waals surface area contributed by atoms with Crippen molar-refractivity contribution in [2.24, 2.45) is 0 Å². The molecule has 0 amide bonds. The molecule has 0 aliphatic heterocycles. The van der Waals surface area contributed by atoms with E-state index in [0.29, 0.717) is 0 Å². The van der Waals surface area contributed by atoms with Crippen LogP contribution in [0.2, 0.25) is 0 Å². The second kappa shape index (κ2) is 19.9. The van der Waals surface area contributed by atoms with Gasteiger partial charge in [-0.1, -0.05) is 51.9 Å². The van der Waals surface area contributed by atoms with E-state index in [1.165, 1.54) is 109 Å². The van der Waals surface area contributed by atoms with Crippen LogP contribution in [0.1, 0.15) is 122 Å². The molecule has 1 unspecified atom stereocenters. The van der Waals surface area contributed by atoms with Crippen LogP contribution < -0.4 is 0 Å². The molecule has 22 heavy (non-hydrogen) atoms. The minimum atomic E-state index is 0.0105. The Bertz CT molecular complexity index is 194. The number of hydrogen-bond donors (Lipinski definition) is 1. The summed E-state index contributed by atoms with van der Waals surface area (Å²) in [4.78, 5) is 0. The van der Waals surface area contributed by atoms with E-state index in [0.717, 1.165) is 31.5 Å². The third-order valence-corrected chi connectivity index (χ3v) is 5.57. The standard InChI is InChI=1S/C20H41O.Po.H/c1-2-3-4-5-6-7-8-9-10-11-12-13-14-15-16-17-18-19-20-21;;/h20-21H,2-19H2,1H3;;. The molecule has 0 aromatic heterocycles. The van der Waals surface area contributed by atoms with Gasteiger partial charge in [0.15, 0.2) is 0 Å². The Morgan fingerprint density at radius 3 is 1.09 bits per heavy atom. The molecule has 1 nitrogen and oxygen atoms in total. The molecule has 0 rings (SSSR count). The fourth-order valence-corrected chi connectivity index (χ4v) is 3.76. The first-order valence-corrected chi connectivity index (χ1v) is 12.1. The summed E-state index contributed by atoms with van der Waals surface area (Å²) < 4.78 is 0.0105. The van der Waals surface area contributed by atoms with Gasteiger partial charge in [0.05, 0.1) is 0 Å². The molecule has 0 aliphatic rings. The van der Waals surface area contributed by atoms with Gasteiger partial charge in [0.25, 0.3) is 0 Å². The van der Waals surface area contributed by atoms with Crippen molar-refractivity contribution < 1.29 is 5.11 Å². The maximum absolute atomic E-state index is 9.23. The molecule has 0 fully saturated rings. The molecule has 1 N–H and O–H groups in total. The van der Waals surface area contributed by atoms with Crippen molar-refractivity contribution in [1.29, 1.82) is 0 Å². The summed E-state index contributed by atoms with van der Waals surface area (Å²) in [7, 11) is 0. The third-order valence-electron chi connectivity index (χ3n) is 4.57. The first-order chi connectivity index (χ1) is 10.8. The van der Waals surface area contributed by atoms with Crippen molar-refractivity contribution in [2.45, 2.75) is 126 Å². The van der Waals surface area contributed by atoms with Gasteiger partial charge in [0.2, 0.25) is 0 Å². The molecule has 0 aromatic rings. The number of aliphatic hydroxyl groups excluding tert-OH is 1. The first kappa shape index (κ1) is 22.9. The van der Waals surface area contributed by atoms with Crippen molar-refractivity contribution in [1.82, 2.24) is 0 Å². The van der Waals surface area contributed by atoms with Crippen LogP contribution >= 0.6 is 0 Å². The average Bonchev–Trinajstić information content (AvgIpc) is 2.50. The summed E-state index contributed by atoms with van der Waals surface area (Å²) in [6.45, 7) is 2.29. The van der Waals surface area contributed by atoms with Crippen molar-refractivity contribution >= 4 is 25.1 Å². The molecule has 2 heteroatoms. The van der Waals surface area contributed by atoms with Gasteiger partial charge in [-0.2, -0.15) is 0 Å². The van der Waals surface area contributed by atoms with Gasteiger partial charge in [0, 0.05) is 0 Å². The number of rotatable bonds is 18. The fourth-order valence-electron chi connectivity index (χ4n) is 3.05. The van der Waals surface area contributed by atoms with Gasteiger partial charge < -0.3 is 0 Å². The molecule has 0 aromatic carbocycles. The number of hydrogen-bond acceptors (Lipinski definition) is 1. The Morgan fingerprint density at radius 1 is 0.545 bits per heavy atom. The second-order valence-electron chi connectivity index (χ2n) is 6.93. The zero-order valence-corrected chi connectivity index (χ0v) is 18.7. The van der Waals surface area contributed by atoms with Gasteiger partial charge in [0.1, 0.15) is 0 Å². The van der Waals surface area contributed by atoms with Crippen LogP contribution in [0.5, 0.6) is 0 Å². The number of aliphatic hydroxyl groups is 1.